The number of amides is 1. The van der Waals surface area contributed by atoms with Crippen LogP contribution in [-0.2, 0) is 14.3 Å². The molecule has 5 heteroatoms. The van der Waals surface area contributed by atoms with E-state index in [-0.39, 0.29) is 24.7 Å². The highest BCUT2D eigenvalue weighted by atomic mass is 16.5. The summed E-state index contributed by atoms with van der Waals surface area (Å²) in [5, 5.41) is 12.2. The quantitative estimate of drug-likeness (QED) is 0.812. The van der Waals surface area contributed by atoms with E-state index in [1.807, 2.05) is 20.8 Å². The van der Waals surface area contributed by atoms with E-state index in [4.69, 9.17) is 4.74 Å². The first-order valence-corrected chi connectivity index (χ1v) is 7.29. The van der Waals surface area contributed by atoms with Gasteiger partial charge in [-0.15, -0.1) is 0 Å². The monoisotopic (exact) mass is 285 g/mol. The van der Waals surface area contributed by atoms with Crippen LogP contribution in [0.4, 0.5) is 0 Å². The summed E-state index contributed by atoms with van der Waals surface area (Å²) in [6, 6.07) is 0. The summed E-state index contributed by atoms with van der Waals surface area (Å²) in [5.74, 6) is -0.483. The number of rotatable bonds is 5. The first-order chi connectivity index (χ1) is 9.15. The minimum Gasteiger partial charge on any atom is -0.481 e. The summed E-state index contributed by atoms with van der Waals surface area (Å²) in [6.07, 6.45) is 3.06. The van der Waals surface area contributed by atoms with Crippen molar-refractivity contribution in [2.24, 2.45) is 11.3 Å². The zero-order valence-electron chi connectivity index (χ0n) is 13.0. The van der Waals surface area contributed by atoms with Crippen LogP contribution in [0.1, 0.15) is 53.4 Å². The molecule has 20 heavy (non-hydrogen) atoms. The van der Waals surface area contributed by atoms with Gasteiger partial charge in [-0.25, -0.2) is 0 Å². The number of carboxylic acids is 1. The topological polar surface area (TPSA) is 75.6 Å². The van der Waals surface area contributed by atoms with Gasteiger partial charge in [0.1, 0.15) is 6.61 Å². The Morgan fingerprint density at radius 3 is 2.30 bits per heavy atom. The molecule has 0 bridgehead atoms. The molecular formula is C15H27NO4. The molecule has 0 heterocycles. The molecule has 0 aromatic heterocycles. The van der Waals surface area contributed by atoms with Gasteiger partial charge in [0.15, 0.2) is 0 Å². The van der Waals surface area contributed by atoms with Gasteiger partial charge in [-0.05, 0) is 52.4 Å². The average Bonchev–Trinajstić information content (AvgIpc) is 2.35. The number of aliphatic carboxylic acids is 1. The second-order valence-electron chi connectivity index (χ2n) is 6.95. The summed E-state index contributed by atoms with van der Waals surface area (Å²) in [5.41, 5.74) is -1.17. The smallest absolute Gasteiger partial charge is 0.311 e. The number of hydrogen-bond acceptors (Lipinski definition) is 3. The standard InChI is InChI=1S/C15H27NO4/c1-11-5-7-15(8-6-11,13(18)19)10-16-12(17)9-20-14(2,3)4/h11H,5-10H2,1-4H3,(H,16,17)(H,18,19). The lowest BCUT2D eigenvalue weighted by Crippen LogP contribution is -2.46. The molecule has 0 unspecified atom stereocenters. The summed E-state index contributed by atoms with van der Waals surface area (Å²) in [4.78, 5) is 23.3. The third-order valence-electron chi connectivity index (χ3n) is 3.95. The largest absolute Gasteiger partial charge is 0.481 e. The SMILES string of the molecule is CC1CCC(CNC(=O)COC(C)(C)C)(C(=O)O)CC1. The van der Waals surface area contributed by atoms with Crippen molar-refractivity contribution in [2.75, 3.05) is 13.2 Å². The molecule has 1 saturated carbocycles. The van der Waals surface area contributed by atoms with E-state index in [0.717, 1.165) is 12.8 Å². The molecule has 5 nitrogen and oxygen atoms in total. The Balaban J connectivity index is 2.48. The van der Waals surface area contributed by atoms with Crippen molar-refractivity contribution in [1.29, 1.82) is 0 Å². The number of carboxylic acid groups (broad SMARTS) is 1. The van der Waals surface area contributed by atoms with Crippen molar-refractivity contribution >= 4 is 11.9 Å². The van der Waals surface area contributed by atoms with Gasteiger partial charge in [0.05, 0.1) is 11.0 Å². The Morgan fingerprint density at radius 1 is 1.30 bits per heavy atom. The third-order valence-corrected chi connectivity index (χ3v) is 3.95. The van der Waals surface area contributed by atoms with Crippen LogP contribution in [0.15, 0.2) is 0 Å². The molecule has 0 aliphatic heterocycles. The molecule has 1 aliphatic carbocycles. The van der Waals surface area contributed by atoms with Crippen LogP contribution >= 0.6 is 0 Å². The van der Waals surface area contributed by atoms with E-state index in [1.165, 1.54) is 0 Å². The molecule has 0 saturated heterocycles. The highest BCUT2D eigenvalue weighted by Crippen LogP contribution is 2.38. The Morgan fingerprint density at radius 2 is 1.85 bits per heavy atom. The number of nitrogens with one attached hydrogen (secondary N) is 1. The van der Waals surface area contributed by atoms with E-state index in [9.17, 15) is 14.7 Å². The predicted molar refractivity (Wildman–Crippen MR) is 76.4 cm³/mol. The first kappa shape index (κ1) is 17.0. The van der Waals surface area contributed by atoms with E-state index in [0.29, 0.717) is 18.8 Å². The molecule has 0 atom stereocenters. The van der Waals surface area contributed by atoms with E-state index < -0.39 is 11.4 Å². The van der Waals surface area contributed by atoms with Gasteiger partial charge in [0, 0.05) is 6.54 Å². The zero-order valence-corrected chi connectivity index (χ0v) is 13.0. The minimum atomic E-state index is -0.804. The van der Waals surface area contributed by atoms with Crippen molar-refractivity contribution in [3.8, 4) is 0 Å². The van der Waals surface area contributed by atoms with Crippen LogP contribution in [0.5, 0.6) is 0 Å². The lowest BCUT2D eigenvalue weighted by atomic mass is 9.71. The molecule has 2 N–H and O–H groups in total. The molecule has 1 aliphatic rings. The third kappa shape index (κ3) is 5.12. The lowest BCUT2D eigenvalue weighted by Gasteiger charge is -2.35. The molecule has 0 aromatic carbocycles. The fourth-order valence-corrected chi connectivity index (χ4v) is 2.38. The fourth-order valence-electron chi connectivity index (χ4n) is 2.38. The molecule has 0 radical (unpaired) electrons. The molecule has 1 rings (SSSR count). The van der Waals surface area contributed by atoms with Crippen LogP contribution in [0.25, 0.3) is 0 Å². The summed E-state index contributed by atoms with van der Waals surface area (Å²) < 4.78 is 5.38. The normalized spacial score (nSPS) is 27.1. The van der Waals surface area contributed by atoms with Gasteiger partial charge < -0.3 is 15.2 Å². The van der Waals surface area contributed by atoms with Crippen molar-refractivity contribution in [1.82, 2.24) is 5.32 Å². The van der Waals surface area contributed by atoms with Gasteiger partial charge in [-0.3, -0.25) is 9.59 Å². The maximum atomic E-state index is 11.7. The van der Waals surface area contributed by atoms with Gasteiger partial charge >= 0.3 is 5.97 Å². The van der Waals surface area contributed by atoms with Crippen LogP contribution in [0.3, 0.4) is 0 Å². The van der Waals surface area contributed by atoms with Crippen molar-refractivity contribution in [2.45, 2.75) is 59.0 Å². The lowest BCUT2D eigenvalue weighted by molar-refractivity contribution is -0.151. The molecule has 116 valence electrons. The summed E-state index contributed by atoms with van der Waals surface area (Å²) >= 11 is 0. The van der Waals surface area contributed by atoms with Crippen molar-refractivity contribution in [3.05, 3.63) is 0 Å². The Bertz CT molecular complexity index is 351. The van der Waals surface area contributed by atoms with Gasteiger partial charge in [0.25, 0.3) is 0 Å². The van der Waals surface area contributed by atoms with Gasteiger partial charge in [-0.2, -0.15) is 0 Å². The molecule has 1 amide bonds. The number of hydrogen-bond donors (Lipinski definition) is 2. The van der Waals surface area contributed by atoms with Crippen molar-refractivity contribution < 1.29 is 19.4 Å². The highest BCUT2D eigenvalue weighted by Gasteiger charge is 2.41. The number of ether oxygens (including phenoxy) is 1. The maximum absolute atomic E-state index is 11.7. The van der Waals surface area contributed by atoms with E-state index in [1.54, 1.807) is 0 Å². The first-order valence-electron chi connectivity index (χ1n) is 7.29. The van der Waals surface area contributed by atoms with Gasteiger partial charge in [-0.1, -0.05) is 6.92 Å². The zero-order chi connectivity index (χ0) is 15.4. The van der Waals surface area contributed by atoms with Crippen molar-refractivity contribution in [3.63, 3.8) is 0 Å². The van der Waals surface area contributed by atoms with E-state index in [2.05, 4.69) is 12.2 Å². The highest BCUT2D eigenvalue weighted by molar-refractivity contribution is 5.79. The molecule has 0 spiro atoms. The van der Waals surface area contributed by atoms with Crippen LogP contribution in [0, 0.1) is 11.3 Å². The second-order valence-corrected chi connectivity index (χ2v) is 6.95. The summed E-state index contributed by atoms with van der Waals surface area (Å²) in [6.45, 7) is 7.93. The molecular weight excluding hydrogens is 258 g/mol. The Labute approximate surface area is 121 Å². The number of carbonyl (C=O) groups is 2. The van der Waals surface area contributed by atoms with Crippen LogP contribution in [0.2, 0.25) is 0 Å². The maximum Gasteiger partial charge on any atom is 0.311 e. The van der Waals surface area contributed by atoms with Crippen LogP contribution in [-0.4, -0.2) is 35.7 Å². The predicted octanol–water partition coefficient (Wildman–Crippen LogP) is 2.20. The van der Waals surface area contributed by atoms with Crippen LogP contribution < -0.4 is 5.32 Å². The average molecular weight is 285 g/mol. The fraction of sp³-hybridized carbons (Fsp3) is 0.867. The minimum absolute atomic E-state index is 0.0321. The molecule has 1 fully saturated rings. The van der Waals surface area contributed by atoms with E-state index >= 15 is 0 Å². The molecule has 0 aromatic rings. The number of carbonyl (C=O) groups excluding carboxylic acids is 1. The summed E-state index contributed by atoms with van der Waals surface area (Å²) in [7, 11) is 0. The van der Waals surface area contributed by atoms with Gasteiger partial charge in [0.2, 0.25) is 5.91 Å². The Hall–Kier alpha value is -1.10. The second kappa shape index (κ2) is 6.57. The Kier molecular flexibility index (Phi) is 5.57.